The molecule has 0 unspecified atom stereocenters. The van der Waals surface area contributed by atoms with Crippen molar-refractivity contribution in [2.24, 2.45) is 7.05 Å². The Morgan fingerprint density at radius 2 is 2.09 bits per heavy atom. The van der Waals surface area contributed by atoms with E-state index in [9.17, 15) is 13.2 Å². The Bertz CT molecular complexity index is 830. The number of carbonyl (C=O) groups excluding carboxylic acids is 1. The standard InChI is InChI=1S/C14H17N5O3S/c1-18-10-13(15-17-18)23(21,22)16-11-5-4-6-12(9-11)19-8-3-2-7-14(19)20/h4-6,9-10,16H,2-3,7-8H2,1H3. The second-order valence-electron chi connectivity index (χ2n) is 5.39. The Balaban J connectivity index is 1.84. The molecule has 122 valence electrons. The van der Waals surface area contributed by atoms with E-state index in [1.54, 1.807) is 36.2 Å². The zero-order chi connectivity index (χ0) is 16.4. The average molecular weight is 335 g/mol. The molecule has 23 heavy (non-hydrogen) atoms. The smallest absolute Gasteiger partial charge is 0.282 e. The summed E-state index contributed by atoms with van der Waals surface area (Å²) in [5, 5.41) is 7.07. The summed E-state index contributed by atoms with van der Waals surface area (Å²) in [5.41, 5.74) is 1.07. The van der Waals surface area contributed by atoms with Gasteiger partial charge in [0.15, 0.2) is 0 Å². The van der Waals surface area contributed by atoms with Gasteiger partial charge in [-0.15, -0.1) is 5.10 Å². The molecule has 0 saturated carbocycles. The number of amides is 1. The second kappa shape index (κ2) is 5.99. The molecular weight excluding hydrogens is 318 g/mol. The van der Waals surface area contributed by atoms with E-state index in [0.717, 1.165) is 12.8 Å². The first-order valence-electron chi connectivity index (χ1n) is 7.25. The summed E-state index contributed by atoms with van der Waals surface area (Å²) in [7, 11) is -2.21. The maximum Gasteiger partial charge on any atom is 0.282 e. The number of benzene rings is 1. The van der Waals surface area contributed by atoms with Gasteiger partial charge in [-0.25, -0.2) is 0 Å². The maximum atomic E-state index is 12.3. The van der Waals surface area contributed by atoms with Crippen LogP contribution in [0.3, 0.4) is 0 Å². The van der Waals surface area contributed by atoms with Crippen LogP contribution in [0.5, 0.6) is 0 Å². The van der Waals surface area contributed by atoms with Gasteiger partial charge in [0.1, 0.15) is 0 Å². The highest BCUT2D eigenvalue weighted by Gasteiger charge is 2.21. The lowest BCUT2D eigenvalue weighted by Gasteiger charge is -2.27. The third-order valence-electron chi connectivity index (χ3n) is 3.59. The highest BCUT2D eigenvalue weighted by atomic mass is 32.2. The zero-order valence-electron chi connectivity index (χ0n) is 12.6. The van der Waals surface area contributed by atoms with Crippen LogP contribution in [-0.2, 0) is 21.9 Å². The fraction of sp³-hybridized carbons (Fsp3) is 0.357. The molecule has 1 amide bonds. The number of hydrogen-bond acceptors (Lipinski definition) is 5. The zero-order valence-corrected chi connectivity index (χ0v) is 13.5. The van der Waals surface area contributed by atoms with Gasteiger partial charge < -0.3 is 4.90 Å². The summed E-state index contributed by atoms with van der Waals surface area (Å²) < 4.78 is 28.3. The number of hydrogen-bond donors (Lipinski definition) is 1. The molecule has 1 fully saturated rings. The maximum absolute atomic E-state index is 12.3. The van der Waals surface area contributed by atoms with Crippen molar-refractivity contribution in [3.63, 3.8) is 0 Å². The minimum Gasteiger partial charge on any atom is -0.312 e. The first-order valence-corrected chi connectivity index (χ1v) is 8.73. The van der Waals surface area contributed by atoms with Gasteiger partial charge in [-0.05, 0) is 31.0 Å². The molecule has 1 aromatic heterocycles. The first kappa shape index (κ1) is 15.5. The van der Waals surface area contributed by atoms with Crippen molar-refractivity contribution >= 4 is 27.3 Å². The van der Waals surface area contributed by atoms with E-state index in [-0.39, 0.29) is 10.9 Å². The SMILES string of the molecule is Cn1cc(S(=O)(=O)Nc2cccc(N3CCCCC3=O)c2)nn1. The summed E-state index contributed by atoms with van der Waals surface area (Å²) in [6, 6.07) is 6.79. The fourth-order valence-electron chi connectivity index (χ4n) is 2.47. The molecule has 2 aromatic rings. The number of aryl methyl sites for hydroxylation is 1. The number of nitrogens with zero attached hydrogens (tertiary/aromatic N) is 4. The van der Waals surface area contributed by atoms with Crippen LogP contribution in [0, 0.1) is 0 Å². The van der Waals surface area contributed by atoms with Crippen LogP contribution in [0.25, 0.3) is 0 Å². The van der Waals surface area contributed by atoms with Crippen molar-refractivity contribution in [2.75, 3.05) is 16.2 Å². The van der Waals surface area contributed by atoms with Crippen LogP contribution in [0.1, 0.15) is 19.3 Å². The molecule has 1 saturated heterocycles. The highest BCUT2D eigenvalue weighted by molar-refractivity contribution is 7.92. The van der Waals surface area contributed by atoms with Crippen molar-refractivity contribution in [3.05, 3.63) is 30.5 Å². The van der Waals surface area contributed by atoms with E-state index >= 15 is 0 Å². The molecule has 1 aromatic carbocycles. The molecule has 1 N–H and O–H groups in total. The van der Waals surface area contributed by atoms with Crippen molar-refractivity contribution in [2.45, 2.75) is 24.3 Å². The molecule has 0 bridgehead atoms. The van der Waals surface area contributed by atoms with Crippen LogP contribution in [0.2, 0.25) is 0 Å². The second-order valence-corrected chi connectivity index (χ2v) is 7.02. The number of anilines is 2. The van der Waals surface area contributed by atoms with Crippen LogP contribution < -0.4 is 9.62 Å². The molecule has 1 aliphatic rings. The van der Waals surface area contributed by atoms with Gasteiger partial charge in [0.05, 0.1) is 11.9 Å². The lowest BCUT2D eigenvalue weighted by Crippen LogP contribution is -2.35. The lowest BCUT2D eigenvalue weighted by atomic mass is 10.1. The van der Waals surface area contributed by atoms with Gasteiger partial charge in [0.2, 0.25) is 10.9 Å². The van der Waals surface area contributed by atoms with Gasteiger partial charge in [0, 0.05) is 25.7 Å². The number of carbonyl (C=O) groups is 1. The summed E-state index contributed by atoms with van der Waals surface area (Å²) in [5.74, 6) is 0.0604. The molecule has 8 nitrogen and oxygen atoms in total. The summed E-state index contributed by atoms with van der Waals surface area (Å²) in [6.45, 7) is 0.652. The summed E-state index contributed by atoms with van der Waals surface area (Å²) >= 11 is 0. The number of piperidine rings is 1. The van der Waals surface area contributed by atoms with Gasteiger partial charge >= 0.3 is 0 Å². The van der Waals surface area contributed by atoms with Crippen LogP contribution in [0.15, 0.2) is 35.5 Å². The van der Waals surface area contributed by atoms with Gasteiger partial charge in [0.25, 0.3) is 10.0 Å². The van der Waals surface area contributed by atoms with Gasteiger partial charge in [-0.3, -0.25) is 14.2 Å². The number of rotatable bonds is 4. The van der Waals surface area contributed by atoms with Crippen LogP contribution in [-0.4, -0.2) is 35.9 Å². The molecule has 0 aliphatic carbocycles. The molecule has 1 aliphatic heterocycles. The number of sulfonamides is 1. The Morgan fingerprint density at radius 3 is 2.78 bits per heavy atom. The average Bonchev–Trinajstić information content (AvgIpc) is 2.95. The number of nitrogens with one attached hydrogen (secondary N) is 1. The van der Waals surface area contributed by atoms with Gasteiger partial charge in [-0.1, -0.05) is 11.3 Å². The minimum atomic E-state index is -3.80. The Kier molecular flexibility index (Phi) is 4.03. The fourth-order valence-corrected chi connectivity index (χ4v) is 3.45. The Morgan fingerprint density at radius 1 is 1.26 bits per heavy atom. The largest absolute Gasteiger partial charge is 0.312 e. The van der Waals surface area contributed by atoms with Gasteiger partial charge in [-0.2, -0.15) is 8.42 Å². The topological polar surface area (TPSA) is 97.2 Å². The normalized spacial score (nSPS) is 15.7. The van der Waals surface area contributed by atoms with Crippen molar-refractivity contribution in [1.82, 2.24) is 15.0 Å². The predicted molar refractivity (Wildman–Crippen MR) is 84.5 cm³/mol. The third-order valence-corrected chi connectivity index (χ3v) is 4.83. The van der Waals surface area contributed by atoms with Crippen LogP contribution >= 0.6 is 0 Å². The van der Waals surface area contributed by atoms with E-state index in [1.807, 2.05) is 0 Å². The lowest BCUT2D eigenvalue weighted by molar-refractivity contribution is -0.119. The monoisotopic (exact) mass is 335 g/mol. The van der Waals surface area contributed by atoms with E-state index in [2.05, 4.69) is 15.0 Å². The third kappa shape index (κ3) is 3.34. The van der Waals surface area contributed by atoms with Crippen molar-refractivity contribution in [1.29, 1.82) is 0 Å². The quantitative estimate of drug-likeness (QED) is 0.903. The van der Waals surface area contributed by atoms with E-state index < -0.39 is 10.0 Å². The Labute approximate surface area is 134 Å². The molecular formula is C14H17N5O3S. The van der Waals surface area contributed by atoms with E-state index in [1.165, 1.54) is 10.9 Å². The highest BCUT2D eigenvalue weighted by Crippen LogP contribution is 2.25. The van der Waals surface area contributed by atoms with Crippen LogP contribution in [0.4, 0.5) is 11.4 Å². The van der Waals surface area contributed by atoms with E-state index in [4.69, 9.17) is 0 Å². The predicted octanol–water partition coefficient (Wildman–Crippen LogP) is 1.13. The molecule has 2 heterocycles. The molecule has 9 heteroatoms. The number of aromatic nitrogens is 3. The Hall–Kier alpha value is -2.42. The minimum absolute atomic E-state index is 0.0604. The van der Waals surface area contributed by atoms with Crippen molar-refractivity contribution < 1.29 is 13.2 Å². The molecule has 0 radical (unpaired) electrons. The molecule has 0 atom stereocenters. The molecule has 0 spiro atoms. The summed E-state index contributed by atoms with van der Waals surface area (Å²) in [6.07, 6.45) is 3.69. The van der Waals surface area contributed by atoms with E-state index in [0.29, 0.717) is 24.3 Å². The summed E-state index contributed by atoms with van der Waals surface area (Å²) in [4.78, 5) is 13.7. The molecule has 3 rings (SSSR count). The van der Waals surface area contributed by atoms with Crippen molar-refractivity contribution in [3.8, 4) is 0 Å². The first-order chi connectivity index (χ1) is 11.0.